The van der Waals surface area contributed by atoms with Gasteiger partial charge in [-0.2, -0.15) is 0 Å². The fourth-order valence-corrected chi connectivity index (χ4v) is 5.56. The monoisotopic (exact) mass is 448 g/mol. The topological polar surface area (TPSA) is 64.6 Å². The van der Waals surface area contributed by atoms with Crippen molar-refractivity contribution < 1.29 is 4.79 Å². The lowest BCUT2D eigenvalue weighted by Gasteiger charge is -2.35. The summed E-state index contributed by atoms with van der Waals surface area (Å²) in [7, 11) is 2.15. The predicted octanol–water partition coefficient (Wildman–Crippen LogP) is 3.75. The Morgan fingerprint density at radius 2 is 1.85 bits per heavy atom. The van der Waals surface area contributed by atoms with Crippen molar-refractivity contribution in [1.29, 1.82) is 0 Å². The van der Waals surface area contributed by atoms with E-state index in [0.29, 0.717) is 0 Å². The van der Waals surface area contributed by atoms with Crippen molar-refractivity contribution >= 4 is 17.4 Å². The first kappa shape index (κ1) is 22.1. The van der Waals surface area contributed by atoms with Gasteiger partial charge in [-0.25, -0.2) is 9.97 Å². The van der Waals surface area contributed by atoms with Crippen molar-refractivity contribution in [3.05, 3.63) is 46.9 Å². The number of anilines is 2. The molecule has 3 aliphatic heterocycles. The molecular formula is C26H36N6O. The minimum Gasteiger partial charge on any atom is -0.371 e. The van der Waals surface area contributed by atoms with Gasteiger partial charge in [-0.05, 0) is 57.2 Å². The highest BCUT2D eigenvalue weighted by atomic mass is 16.2. The van der Waals surface area contributed by atoms with Gasteiger partial charge in [0, 0.05) is 57.4 Å². The molecule has 176 valence electrons. The van der Waals surface area contributed by atoms with E-state index in [4.69, 9.17) is 9.97 Å². The fraction of sp³-hybridized carbons (Fsp3) is 0.577. The second-order valence-electron chi connectivity index (χ2n) is 9.74. The Balaban J connectivity index is 1.45. The van der Waals surface area contributed by atoms with Crippen molar-refractivity contribution in [3.8, 4) is 0 Å². The number of carbonyl (C=O) groups excluding carboxylic acids is 1. The summed E-state index contributed by atoms with van der Waals surface area (Å²) in [5.74, 6) is 1.87. The Labute approximate surface area is 197 Å². The lowest BCUT2D eigenvalue weighted by Crippen LogP contribution is -2.38. The lowest BCUT2D eigenvalue weighted by molar-refractivity contribution is -0.132. The average molecular weight is 449 g/mol. The molecule has 7 heteroatoms. The van der Waals surface area contributed by atoms with Crippen LogP contribution in [-0.4, -0.2) is 58.9 Å². The first-order chi connectivity index (χ1) is 16.1. The standard InChI is InChI=1S/C26H36N6O/c1-19(33)32-15-6-5-11-24(32)26-28-22-18-30(2)16-12-21(22)25(29-26)27-17-20-9-3-4-10-23(20)31-13-7-8-14-31/h3-4,9-10,24H,5-8,11-18H2,1-2H3,(H,27,28,29)/t24-/m0/s1. The van der Waals surface area contributed by atoms with E-state index in [-0.39, 0.29) is 11.9 Å². The molecule has 1 N–H and O–H groups in total. The van der Waals surface area contributed by atoms with E-state index >= 15 is 0 Å². The number of likely N-dealkylation sites (N-methyl/N-ethyl adjacent to an activating group) is 1. The third-order valence-electron chi connectivity index (χ3n) is 7.36. The molecule has 0 saturated carbocycles. The van der Waals surface area contributed by atoms with Crippen LogP contribution in [-0.2, 0) is 24.3 Å². The molecule has 1 amide bonds. The average Bonchev–Trinajstić information content (AvgIpc) is 3.37. The van der Waals surface area contributed by atoms with Gasteiger partial charge in [-0.15, -0.1) is 0 Å². The van der Waals surface area contributed by atoms with E-state index in [1.165, 1.54) is 29.7 Å². The molecule has 33 heavy (non-hydrogen) atoms. The first-order valence-electron chi connectivity index (χ1n) is 12.5. The van der Waals surface area contributed by atoms with Crippen molar-refractivity contribution in [2.45, 2.75) is 64.6 Å². The van der Waals surface area contributed by atoms with E-state index in [1.807, 2.05) is 4.90 Å². The number of hydrogen-bond donors (Lipinski definition) is 1. The molecule has 0 radical (unpaired) electrons. The molecule has 0 unspecified atom stereocenters. The minimum absolute atomic E-state index is 0.0220. The molecule has 7 nitrogen and oxygen atoms in total. The second-order valence-corrected chi connectivity index (χ2v) is 9.74. The zero-order valence-electron chi connectivity index (χ0n) is 20.0. The summed E-state index contributed by atoms with van der Waals surface area (Å²) in [6.07, 6.45) is 6.59. The number of hydrogen-bond acceptors (Lipinski definition) is 6. The quantitative estimate of drug-likeness (QED) is 0.752. The van der Waals surface area contributed by atoms with Gasteiger partial charge < -0.3 is 20.0 Å². The van der Waals surface area contributed by atoms with Crippen LogP contribution in [0.1, 0.15) is 67.7 Å². The largest absolute Gasteiger partial charge is 0.371 e. The summed E-state index contributed by atoms with van der Waals surface area (Å²) >= 11 is 0. The maximum Gasteiger partial charge on any atom is 0.220 e. The fourth-order valence-electron chi connectivity index (χ4n) is 5.56. The number of para-hydroxylation sites is 1. The van der Waals surface area contributed by atoms with Crippen molar-refractivity contribution in [2.24, 2.45) is 0 Å². The van der Waals surface area contributed by atoms with Crippen LogP contribution in [0.5, 0.6) is 0 Å². The van der Waals surface area contributed by atoms with Crippen molar-refractivity contribution in [1.82, 2.24) is 19.8 Å². The zero-order valence-corrected chi connectivity index (χ0v) is 20.0. The summed E-state index contributed by atoms with van der Waals surface area (Å²) in [6.45, 7) is 7.32. The zero-order chi connectivity index (χ0) is 22.8. The predicted molar refractivity (Wildman–Crippen MR) is 131 cm³/mol. The van der Waals surface area contributed by atoms with Gasteiger partial charge in [0.1, 0.15) is 5.82 Å². The molecule has 2 aromatic rings. The van der Waals surface area contributed by atoms with Gasteiger partial charge in [0.15, 0.2) is 5.82 Å². The van der Waals surface area contributed by atoms with Gasteiger partial charge in [0.2, 0.25) is 5.91 Å². The summed E-state index contributed by atoms with van der Waals surface area (Å²) in [6, 6.07) is 8.70. The molecule has 1 aromatic carbocycles. The maximum absolute atomic E-state index is 12.3. The Morgan fingerprint density at radius 1 is 1.06 bits per heavy atom. The molecule has 0 bridgehead atoms. The Kier molecular flexibility index (Phi) is 6.49. The third-order valence-corrected chi connectivity index (χ3v) is 7.36. The van der Waals surface area contributed by atoms with E-state index in [2.05, 4.69) is 46.4 Å². The smallest absolute Gasteiger partial charge is 0.220 e. The van der Waals surface area contributed by atoms with Gasteiger partial charge >= 0.3 is 0 Å². The van der Waals surface area contributed by atoms with E-state index in [9.17, 15) is 4.79 Å². The molecular weight excluding hydrogens is 412 g/mol. The molecule has 0 aliphatic carbocycles. The number of piperidine rings is 1. The highest BCUT2D eigenvalue weighted by molar-refractivity contribution is 5.73. The van der Waals surface area contributed by atoms with Crippen LogP contribution in [0.3, 0.4) is 0 Å². The number of nitrogens with zero attached hydrogens (tertiary/aromatic N) is 5. The summed E-state index contributed by atoms with van der Waals surface area (Å²) in [5, 5.41) is 3.69. The third kappa shape index (κ3) is 4.69. The van der Waals surface area contributed by atoms with Crippen LogP contribution in [0.4, 0.5) is 11.5 Å². The number of fused-ring (bicyclic) bond motifs is 1. The molecule has 0 spiro atoms. The van der Waals surface area contributed by atoms with Crippen molar-refractivity contribution in [3.63, 3.8) is 0 Å². The van der Waals surface area contributed by atoms with Crippen LogP contribution in [0.25, 0.3) is 0 Å². The SMILES string of the molecule is CC(=O)N1CCCC[C@H]1c1nc2c(c(NCc3ccccc3N3CCCC3)n1)CCN(C)C2. The highest BCUT2D eigenvalue weighted by Crippen LogP contribution is 2.33. The Hall–Kier alpha value is -2.67. The summed E-state index contributed by atoms with van der Waals surface area (Å²) in [5.41, 5.74) is 4.99. The maximum atomic E-state index is 12.3. The highest BCUT2D eigenvalue weighted by Gasteiger charge is 2.30. The molecule has 2 fully saturated rings. The van der Waals surface area contributed by atoms with Crippen LogP contribution in [0.2, 0.25) is 0 Å². The summed E-state index contributed by atoms with van der Waals surface area (Å²) < 4.78 is 0. The number of benzene rings is 1. The Bertz CT molecular complexity index is 1000. The van der Waals surface area contributed by atoms with Gasteiger partial charge in [-0.3, -0.25) is 4.79 Å². The van der Waals surface area contributed by atoms with Gasteiger partial charge in [-0.1, -0.05) is 18.2 Å². The minimum atomic E-state index is -0.0220. The van der Waals surface area contributed by atoms with Crippen LogP contribution in [0, 0.1) is 0 Å². The molecule has 2 saturated heterocycles. The lowest BCUT2D eigenvalue weighted by atomic mass is 10.00. The van der Waals surface area contributed by atoms with Crippen LogP contribution in [0.15, 0.2) is 24.3 Å². The number of rotatable bonds is 5. The summed E-state index contributed by atoms with van der Waals surface area (Å²) in [4.78, 5) is 29.2. The Morgan fingerprint density at radius 3 is 2.67 bits per heavy atom. The number of nitrogens with one attached hydrogen (secondary N) is 1. The van der Waals surface area contributed by atoms with Gasteiger partial charge in [0.25, 0.3) is 0 Å². The molecule has 1 aromatic heterocycles. The normalized spacial score (nSPS) is 21.2. The van der Waals surface area contributed by atoms with Crippen LogP contribution < -0.4 is 10.2 Å². The molecule has 1 atom stereocenters. The van der Waals surface area contributed by atoms with E-state index in [1.54, 1.807) is 6.92 Å². The molecule has 4 heterocycles. The van der Waals surface area contributed by atoms with E-state index in [0.717, 1.165) is 82.3 Å². The van der Waals surface area contributed by atoms with E-state index < -0.39 is 0 Å². The van der Waals surface area contributed by atoms with Crippen LogP contribution >= 0.6 is 0 Å². The number of aromatic nitrogens is 2. The van der Waals surface area contributed by atoms with Crippen molar-refractivity contribution in [2.75, 3.05) is 43.4 Å². The second kappa shape index (κ2) is 9.67. The molecule has 3 aliphatic rings. The number of carbonyl (C=O) groups is 1. The number of likely N-dealkylation sites (tertiary alicyclic amines) is 1. The molecule has 5 rings (SSSR count). The first-order valence-corrected chi connectivity index (χ1v) is 12.5. The number of amides is 1. The van der Waals surface area contributed by atoms with Gasteiger partial charge in [0.05, 0.1) is 11.7 Å².